The molecule has 0 radical (unpaired) electrons. The summed E-state index contributed by atoms with van der Waals surface area (Å²) in [5, 5.41) is 4.17. The van der Waals surface area contributed by atoms with Crippen molar-refractivity contribution in [2.24, 2.45) is 0 Å². The average Bonchev–Trinajstić information content (AvgIpc) is 3.25. The molecule has 4 aromatic rings. The molecule has 0 aliphatic rings. The van der Waals surface area contributed by atoms with Crippen molar-refractivity contribution in [1.82, 2.24) is 15.3 Å². The summed E-state index contributed by atoms with van der Waals surface area (Å²) in [7, 11) is 0. The monoisotopic (exact) mass is 449 g/mol. The molecule has 0 unspecified atom stereocenters. The van der Waals surface area contributed by atoms with Crippen LogP contribution in [0.25, 0.3) is 21.8 Å². The molecule has 0 spiro atoms. The smallest absolute Gasteiger partial charge is 0.356 e. The number of alkyl halides is 3. The number of aromatic nitrogens is 2. The van der Waals surface area contributed by atoms with Gasteiger partial charge in [0.05, 0.1) is 5.52 Å². The number of thioether (sulfide) groups is 1. The van der Waals surface area contributed by atoms with Gasteiger partial charge in [-0.25, -0.2) is 4.39 Å². The van der Waals surface area contributed by atoms with E-state index in [2.05, 4.69) is 15.3 Å². The minimum absolute atomic E-state index is 0.0587. The number of carbonyl (C=O) groups is 1. The third-order valence-corrected chi connectivity index (χ3v) is 5.88. The summed E-state index contributed by atoms with van der Waals surface area (Å²) in [5.41, 5.74) is -0.327. The highest BCUT2D eigenvalue weighted by Crippen LogP contribution is 2.38. The van der Waals surface area contributed by atoms with E-state index in [1.165, 1.54) is 30.3 Å². The van der Waals surface area contributed by atoms with Crippen molar-refractivity contribution in [2.75, 3.05) is 6.54 Å². The number of hydrogen-bond donors (Lipinski definition) is 3. The predicted octanol–water partition coefficient (Wildman–Crippen LogP) is 5.99. The topological polar surface area (TPSA) is 60.7 Å². The summed E-state index contributed by atoms with van der Waals surface area (Å²) in [6, 6.07) is 8.96. The van der Waals surface area contributed by atoms with E-state index in [0.29, 0.717) is 29.4 Å². The molecule has 1 amide bonds. The fourth-order valence-electron chi connectivity index (χ4n) is 3.78. The Kier molecular flexibility index (Phi) is 5.47. The molecule has 0 saturated heterocycles. The molecule has 0 aliphatic carbocycles. The Balaban J connectivity index is 1.47. The number of hydrogen-bond acceptors (Lipinski definition) is 2. The molecule has 0 fully saturated rings. The second kappa shape index (κ2) is 7.96. The number of fused-ring (bicyclic) bond motifs is 2. The number of rotatable bonds is 5. The lowest BCUT2D eigenvalue weighted by molar-refractivity contribution is -0.0328. The van der Waals surface area contributed by atoms with Gasteiger partial charge in [0, 0.05) is 33.4 Å². The molecular weight excluding hydrogens is 430 g/mol. The first-order chi connectivity index (χ1) is 14.6. The molecular formula is C22H19F4N3OS. The van der Waals surface area contributed by atoms with Crippen molar-refractivity contribution in [3.8, 4) is 0 Å². The molecule has 0 atom stereocenters. The van der Waals surface area contributed by atoms with Crippen LogP contribution in [0.2, 0.25) is 0 Å². The van der Waals surface area contributed by atoms with Gasteiger partial charge in [-0.3, -0.25) is 4.79 Å². The van der Waals surface area contributed by atoms with Crippen molar-refractivity contribution in [3.05, 3.63) is 64.7 Å². The van der Waals surface area contributed by atoms with Crippen LogP contribution in [0.15, 0.2) is 41.3 Å². The predicted molar refractivity (Wildman–Crippen MR) is 114 cm³/mol. The van der Waals surface area contributed by atoms with Crippen molar-refractivity contribution in [3.63, 3.8) is 0 Å². The van der Waals surface area contributed by atoms with Crippen LogP contribution in [-0.2, 0) is 6.42 Å². The highest BCUT2D eigenvalue weighted by Gasteiger charge is 2.29. The molecule has 4 rings (SSSR count). The Morgan fingerprint density at radius 2 is 1.87 bits per heavy atom. The highest BCUT2D eigenvalue weighted by molar-refractivity contribution is 8.00. The van der Waals surface area contributed by atoms with Crippen molar-refractivity contribution < 1.29 is 22.4 Å². The van der Waals surface area contributed by atoms with Crippen LogP contribution in [0.5, 0.6) is 0 Å². The lowest BCUT2D eigenvalue weighted by atomic mass is 10.0. The molecule has 162 valence electrons. The van der Waals surface area contributed by atoms with Gasteiger partial charge in [0.15, 0.2) is 0 Å². The SMILES string of the molecule is Cc1[nH]c2c(F)ccc(C)c2c1CCNC(=O)c1cc2cc(SC(F)(F)F)ccc2[nH]1. The Labute approximate surface area is 179 Å². The molecule has 2 heterocycles. The first-order valence-electron chi connectivity index (χ1n) is 9.55. The van der Waals surface area contributed by atoms with E-state index in [1.807, 2.05) is 13.8 Å². The molecule has 0 saturated carbocycles. The first-order valence-corrected chi connectivity index (χ1v) is 10.4. The summed E-state index contributed by atoms with van der Waals surface area (Å²) in [6.07, 6.45) is 0.508. The maximum absolute atomic E-state index is 14.1. The van der Waals surface area contributed by atoms with Gasteiger partial charge >= 0.3 is 5.51 Å². The minimum atomic E-state index is -4.37. The normalized spacial score (nSPS) is 12.1. The van der Waals surface area contributed by atoms with Crippen LogP contribution in [0.3, 0.4) is 0 Å². The molecule has 2 aromatic heterocycles. The van der Waals surface area contributed by atoms with Gasteiger partial charge in [-0.2, -0.15) is 13.2 Å². The van der Waals surface area contributed by atoms with Crippen LogP contribution in [0.1, 0.15) is 27.3 Å². The Morgan fingerprint density at radius 3 is 2.61 bits per heavy atom. The standard InChI is InChI=1S/C22H19F4N3OS/c1-11-3-5-16(23)20-19(11)15(12(2)28-20)7-8-27-21(30)18-10-13-9-14(31-22(24,25)26)4-6-17(13)29-18/h3-6,9-10,28-29H,7-8H2,1-2H3,(H,27,30). The molecule has 3 N–H and O–H groups in total. The average molecular weight is 449 g/mol. The largest absolute Gasteiger partial charge is 0.446 e. The van der Waals surface area contributed by atoms with E-state index in [0.717, 1.165) is 22.2 Å². The highest BCUT2D eigenvalue weighted by atomic mass is 32.2. The third-order valence-electron chi connectivity index (χ3n) is 5.16. The van der Waals surface area contributed by atoms with Gasteiger partial charge in [-0.05, 0) is 73.5 Å². The lowest BCUT2D eigenvalue weighted by Crippen LogP contribution is -2.26. The molecule has 2 aromatic carbocycles. The number of amides is 1. The van der Waals surface area contributed by atoms with Crippen LogP contribution >= 0.6 is 11.8 Å². The maximum atomic E-state index is 14.1. The number of aromatic amines is 2. The van der Waals surface area contributed by atoms with Crippen molar-refractivity contribution in [2.45, 2.75) is 30.7 Å². The van der Waals surface area contributed by atoms with E-state index in [4.69, 9.17) is 0 Å². The molecule has 9 heteroatoms. The molecule has 4 nitrogen and oxygen atoms in total. The van der Waals surface area contributed by atoms with Crippen LogP contribution < -0.4 is 5.32 Å². The fourth-order valence-corrected chi connectivity index (χ4v) is 4.37. The summed E-state index contributed by atoms with van der Waals surface area (Å²) in [4.78, 5) is 18.6. The van der Waals surface area contributed by atoms with E-state index >= 15 is 0 Å². The van der Waals surface area contributed by atoms with Gasteiger partial charge in [-0.15, -0.1) is 0 Å². The van der Waals surface area contributed by atoms with Crippen molar-refractivity contribution >= 4 is 39.5 Å². The number of nitrogens with one attached hydrogen (secondary N) is 3. The zero-order valence-electron chi connectivity index (χ0n) is 16.7. The Morgan fingerprint density at radius 1 is 1.10 bits per heavy atom. The first kappa shape index (κ1) is 21.3. The van der Waals surface area contributed by atoms with Crippen LogP contribution in [0.4, 0.5) is 17.6 Å². The Hall–Kier alpha value is -2.94. The van der Waals surface area contributed by atoms with Gasteiger partial charge in [0.1, 0.15) is 11.5 Å². The van der Waals surface area contributed by atoms with E-state index < -0.39 is 5.51 Å². The van der Waals surface area contributed by atoms with Gasteiger partial charge in [0.25, 0.3) is 5.91 Å². The third kappa shape index (κ3) is 4.41. The van der Waals surface area contributed by atoms with Crippen molar-refractivity contribution in [1.29, 1.82) is 0 Å². The van der Waals surface area contributed by atoms with E-state index in [1.54, 1.807) is 6.07 Å². The Bertz CT molecular complexity index is 1290. The van der Waals surface area contributed by atoms with Gasteiger partial charge < -0.3 is 15.3 Å². The lowest BCUT2D eigenvalue weighted by Gasteiger charge is -2.06. The summed E-state index contributed by atoms with van der Waals surface area (Å²) >= 11 is -0.194. The number of benzene rings is 2. The van der Waals surface area contributed by atoms with Crippen LogP contribution in [-0.4, -0.2) is 27.9 Å². The van der Waals surface area contributed by atoms with E-state index in [9.17, 15) is 22.4 Å². The molecule has 0 bridgehead atoms. The quantitative estimate of drug-likeness (QED) is 0.259. The zero-order valence-corrected chi connectivity index (χ0v) is 17.5. The summed E-state index contributed by atoms with van der Waals surface area (Å²) in [5.74, 6) is -0.679. The number of H-pyrrole nitrogens is 2. The minimum Gasteiger partial charge on any atom is -0.356 e. The van der Waals surface area contributed by atoms with E-state index in [-0.39, 0.29) is 34.1 Å². The summed E-state index contributed by atoms with van der Waals surface area (Å²) < 4.78 is 51.8. The maximum Gasteiger partial charge on any atom is 0.446 e. The van der Waals surface area contributed by atoms with Gasteiger partial charge in [-0.1, -0.05) is 6.07 Å². The second-order valence-corrected chi connectivity index (χ2v) is 8.47. The zero-order chi connectivity index (χ0) is 22.3. The number of aryl methyl sites for hydroxylation is 2. The van der Waals surface area contributed by atoms with Crippen LogP contribution in [0, 0.1) is 19.7 Å². The number of carbonyl (C=O) groups excluding carboxylic acids is 1. The number of halogens is 4. The second-order valence-electron chi connectivity index (χ2n) is 7.33. The summed E-state index contributed by atoms with van der Waals surface area (Å²) in [6.45, 7) is 4.10. The molecule has 31 heavy (non-hydrogen) atoms. The molecule has 0 aliphatic heterocycles. The fraction of sp³-hybridized carbons (Fsp3) is 0.227. The van der Waals surface area contributed by atoms with Gasteiger partial charge in [0.2, 0.25) is 0 Å².